The zero-order valence-corrected chi connectivity index (χ0v) is 10.9. The van der Waals surface area contributed by atoms with Crippen molar-refractivity contribution in [2.75, 3.05) is 6.54 Å². The third-order valence-electron chi connectivity index (χ3n) is 3.49. The van der Waals surface area contributed by atoms with Gasteiger partial charge in [-0.05, 0) is 24.8 Å². The van der Waals surface area contributed by atoms with E-state index in [1.807, 2.05) is 0 Å². The van der Waals surface area contributed by atoms with Gasteiger partial charge in [0, 0.05) is 12.1 Å². The van der Waals surface area contributed by atoms with Crippen molar-refractivity contribution < 1.29 is 9.18 Å². The third-order valence-corrected chi connectivity index (χ3v) is 3.78. The third kappa shape index (κ3) is 2.18. The van der Waals surface area contributed by atoms with Crippen molar-refractivity contribution in [1.82, 2.24) is 4.90 Å². The SMILES string of the molecule is NC1=NC(=O)N(CC2CC2)C1c1cccc(Cl)c1F. The number of rotatable bonds is 3. The summed E-state index contributed by atoms with van der Waals surface area (Å²) in [6.45, 7) is 0.569. The number of benzene rings is 1. The first-order valence-corrected chi connectivity index (χ1v) is 6.54. The van der Waals surface area contributed by atoms with E-state index in [4.69, 9.17) is 17.3 Å². The van der Waals surface area contributed by atoms with E-state index in [1.54, 1.807) is 12.1 Å². The van der Waals surface area contributed by atoms with Gasteiger partial charge in [-0.3, -0.25) is 0 Å². The van der Waals surface area contributed by atoms with Crippen molar-refractivity contribution in [3.63, 3.8) is 0 Å². The minimum Gasteiger partial charge on any atom is -0.385 e. The van der Waals surface area contributed by atoms with Crippen molar-refractivity contribution in [1.29, 1.82) is 0 Å². The number of carbonyl (C=O) groups excluding carboxylic acids is 1. The van der Waals surface area contributed by atoms with Crippen molar-refractivity contribution in [3.8, 4) is 0 Å². The molecule has 1 fully saturated rings. The molecule has 0 spiro atoms. The normalized spacial score (nSPS) is 22.8. The quantitative estimate of drug-likeness (QED) is 0.926. The van der Waals surface area contributed by atoms with Gasteiger partial charge in [-0.2, -0.15) is 4.99 Å². The van der Waals surface area contributed by atoms with Crippen molar-refractivity contribution >= 4 is 23.5 Å². The van der Waals surface area contributed by atoms with Crippen LogP contribution in [0.3, 0.4) is 0 Å². The van der Waals surface area contributed by atoms with E-state index in [2.05, 4.69) is 4.99 Å². The van der Waals surface area contributed by atoms with Crippen LogP contribution in [0.1, 0.15) is 24.4 Å². The number of urea groups is 1. The fourth-order valence-electron chi connectivity index (χ4n) is 2.33. The maximum Gasteiger partial charge on any atom is 0.346 e. The van der Waals surface area contributed by atoms with Crippen LogP contribution in [0.25, 0.3) is 0 Å². The number of nitrogens with two attached hydrogens (primary N) is 1. The number of amidine groups is 1. The molecule has 0 aromatic heterocycles. The molecule has 1 unspecified atom stereocenters. The summed E-state index contributed by atoms with van der Waals surface area (Å²) in [5.41, 5.74) is 6.09. The largest absolute Gasteiger partial charge is 0.385 e. The molecule has 1 aromatic rings. The average Bonchev–Trinajstić information content (AvgIpc) is 3.12. The van der Waals surface area contributed by atoms with E-state index in [0.29, 0.717) is 18.0 Å². The molecule has 3 rings (SSSR count). The lowest BCUT2D eigenvalue weighted by atomic mass is 10.0. The molecule has 0 radical (unpaired) electrons. The van der Waals surface area contributed by atoms with Gasteiger partial charge in [0.05, 0.1) is 5.02 Å². The highest BCUT2D eigenvalue weighted by Crippen LogP contribution is 2.36. The second kappa shape index (κ2) is 4.49. The first-order chi connectivity index (χ1) is 9.08. The van der Waals surface area contributed by atoms with Crippen molar-refractivity contribution in [3.05, 3.63) is 34.6 Å². The minimum atomic E-state index is -0.633. The first-order valence-electron chi connectivity index (χ1n) is 6.16. The highest BCUT2D eigenvalue weighted by Gasteiger charge is 2.39. The van der Waals surface area contributed by atoms with Crippen LogP contribution in [0, 0.1) is 11.7 Å². The zero-order chi connectivity index (χ0) is 13.6. The van der Waals surface area contributed by atoms with Crippen molar-refractivity contribution in [2.24, 2.45) is 16.6 Å². The molecule has 2 N–H and O–H groups in total. The van der Waals surface area contributed by atoms with Crippen LogP contribution in [0.15, 0.2) is 23.2 Å². The lowest BCUT2D eigenvalue weighted by Crippen LogP contribution is -2.35. The lowest BCUT2D eigenvalue weighted by Gasteiger charge is -2.25. The summed E-state index contributed by atoms with van der Waals surface area (Å²) in [7, 11) is 0. The van der Waals surface area contributed by atoms with E-state index in [1.165, 1.54) is 11.0 Å². The molecular formula is C13H13ClFN3O. The smallest absolute Gasteiger partial charge is 0.346 e. The van der Waals surface area contributed by atoms with Crippen LogP contribution in [-0.2, 0) is 0 Å². The minimum absolute atomic E-state index is 0.0241. The van der Waals surface area contributed by atoms with Gasteiger partial charge in [0.2, 0.25) is 0 Å². The van der Waals surface area contributed by atoms with E-state index in [9.17, 15) is 9.18 Å². The summed E-state index contributed by atoms with van der Waals surface area (Å²) in [6, 6.07) is 3.68. The molecule has 100 valence electrons. The molecule has 19 heavy (non-hydrogen) atoms. The van der Waals surface area contributed by atoms with Gasteiger partial charge < -0.3 is 10.6 Å². The molecule has 1 heterocycles. The summed E-state index contributed by atoms with van der Waals surface area (Å²) in [6.07, 6.45) is 2.18. The number of hydrogen-bond donors (Lipinski definition) is 1. The highest BCUT2D eigenvalue weighted by atomic mass is 35.5. The molecule has 1 saturated carbocycles. The second-order valence-electron chi connectivity index (χ2n) is 4.96. The summed E-state index contributed by atoms with van der Waals surface area (Å²) in [5, 5.41) is 0.0241. The number of aliphatic imine (C=N–C) groups is 1. The maximum atomic E-state index is 14.1. The molecule has 2 aliphatic rings. The molecule has 2 amide bonds. The predicted octanol–water partition coefficient (Wildman–Crippen LogP) is 2.72. The molecule has 0 saturated heterocycles. The summed E-state index contributed by atoms with van der Waals surface area (Å²) >= 11 is 5.78. The Hall–Kier alpha value is -1.62. The van der Waals surface area contributed by atoms with E-state index < -0.39 is 17.9 Å². The second-order valence-corrected chi connectivity index (χ2v) is 5.37. The summed E-state index contributed by atoms with van der Waals surface area (Å²) < 4.78 is 14.1. The number of hydrogen-bond acceptors (Lipinski definition) is 2. The van der Waals surface area contributed by atoms with Gasteiger partial charge in [0.15, 0.2) is 0 Å². The van der Waals surface area contributed by atoms with Crippen LogP contribution in [0.4, 0.5) is 9.18 Å². The Morgan fingerprint density at radius 2 is 2.21 bits per heavy atom. The van der Waals surface area contributed by atoms with Crippen molar-refractivity contribution in [2.45, 2.75) is 18.9 Å². The molecule has 1 aliphatic heterocycles. The first kappa shape index (κ1) is 12.4. The Morgan fingerprint density at radius 3 is 2.89 bits per heavy atom. The van der Waals surface area contributed by atoms with Crippen LogP contribution in [0.2, 0.25) is 5.02 Å². The van der Waals surface area contributed by atoms with Crippen LogP contribution < -0.4 is 5.73 Å². The Balaban J connectivity index is 1.97. The van der Waals surface area contributed by atoms with Crippen LogP contribution >= 0.6 is 11.6 Å². The molecule has 6 heteroatoms. The Bertz CT molecular complexity index is 571. The predicted molar refractivity (Wildman–Crippen MR) is 70.6 cm³/mol. The fraction of sp³-hybridized carbons (Fsp3) is 0.385. The molecule has 1 aliphatic carbocycles. The van der Waals surface area contributed by atoms with E-state index in [0.717, 1.165) is 12.8 Å². The molecule has 0 bridgehead atoms. The number of nitrogens with zero attached hydrogens (tertiary/aromatic N) is 2. The maximum absolute atomic E-state index is 14.1. The van der Waals surface area contributed by atoms with Gasteiger partial charge in [0.25, 0.3) is 0 Å². The number of carbonyl (C=O) groups is 1. The number of halogens is 2. The highest BCUT2D eigenvalue weighted by molar-refractivity contribution is 6.30. The average molecular weight is 282 g/mol. The number of amides is 2. The Kier molecular flexibility index (Phi) is 2.93. The lowest BCUT2D eigenvalue weighted by molar-refractivity contribution is 0.203. The van der Waals surface area contributed by atoms with Crippen LogP contribution in [-0.4, -0.2) is 23.3 Å². The summed E-state index contributed by atoms with van der Waals surface area (Å²) in [4.78, 5) is 17.1. The Morgan fingerprint density at radius 1 is 1.47 bits per heavy atom. The topological polar surface area (TPSA) is 58.7 Å². The monoisotopic (exact) mass is 281 g/mol. The van der Waals surface area contributed by atoms with E-state index >= 15 is 0 Å². The summed E-state index contributed by atoms with van der Waals surface area (Å²) in [5.74, 6) is 0.0735. The van der Waals surface area contributed by atoms with E-state index in [-0.39, 0.29) is 10.9 Å². The van der Waals surface area contributed by atoms with Crippen LogP contribution in [0.5, 0.6) is 0 Å². The van der Waals surface area contributed by atoms with Gasteiger partial charge in [-0.15, -0.1) is 0 Å². The van der Waals surface area contributed by atoms with Gasteiger partial charge in [-0.25, -0.2) is 9.18 Å². The Labute approximate surface area is 115 Å². The van der Waals surface area contributed by atoms with Gasteiger partial charge >= 0.3 is 6.03 Å². The fourth-order valence-corrected chi connectivity index (χ4v) is 2.51. The molecule has 1 atom stereocenters. The van der Waals surface area contributed by atoms with Gasteiger partial charge in [-0.1, -0.05) is 23.7 Å². The molecule has 1 aromatic carbocycles. The standard InChI is InChI=1S/C13H13ClFN3O/c14-9-3-1-2-8(10(9)15)11-12(16)17-13(19)18(11)6-7-4-5-7/h1-3,7,11H,4-6H2,(H2,16,17,19). The molecular weight excluding hydrogens is 269 g/mol. The van der Waals surface area contributed by atoms with Gasteiger partial charge in [0.1, 0.15) is 17.7 Å². The zero-order valence-electron chi connectivity index (χ0n) is 10.1. The molecule has 4 nitrogen and oxygen atoms in total.